The van der Waals surface area contributed by atoms with Crippen molar-refractivity contribution >= 4 is 17.5 Å². The van der Waals surface area contributed by atoms with Crippen LogP contribution in [0.4, 0.5) is 0 Å². The first kappa shape index (κ1) is 17.7. The van der Waals surface area contributed by atoms with Gasteiger partial charge in [-0.2, -0.15) is 10.1 Å². The Balaban J connectivity index is 1.51. The minimum atomic E-state index is 0.665. The summed E-state index contributed by atoms with van der Waals surface area (Å²) in [6, 6.07) is 10.5. The summed E-state index contributed by atoms with van der Waals surface area (Å²) in [7, 11) is 0. The van der Waals surface area contributed by atoms with Crippen LogP contribution in [0, 0.1) is 34.6 Å². The van der Waals surface area contributed by atoms with Crippen LogP contribution in [0.5, 0.6) is 0 Å². The Labute approximate surface area is 162 Å². The summed E-state index contributed by atoms with van der Waals surface area (Å²) in [4.78, 5) is 9.09. The molecule has 0 amide bonds. The third kappa shape index (κ3) is 3.35. The maximum Gasteiger partial charge on any atom is 0.253 e. The van der Waals surface area contributed by atoms with E-state index in [-0.39, 0.29) is 0 Å². The predicted octanol–water partition coefficient (Wildman–Crippen LogP) is 4.14. The van der Waals surface area contributed by atoms with Gasteiger partial charge in [-0.05, 0) is 63.9 Å². The minimum absolute atomic E-state index is 0.665. The summed E-state index contributed by atoms with van der Waals surface area (Å²) in [6.07, 6.45) is 0. The van der Waals surface area contributed by atoms with Crippen LogP contribution in [0.15, 0.2) is 35.5 Å². The lowest BCUT2D eigenvalue weighted by atomic mass is 10.2. The molecule has 0 saturated carbocycles. The lowest BCUT2D eigenvalue weighted by Gasteiger charge is -2.05. The first-order valence-electron chi connectivity index (χ1n) is 8.88. The van der Waals surface area contributed by atoms with Crippen molar-refractivity contribution in [3.05, 3.63) is 64.2 Å². The highest BCUT2D eigenvalue weighted by molar-refractivity contribution is 7.98. The number of aryl methyl sites for hydroxylation is 4. The largest absolute Gasteiger partial charge is 0.253 e. The highest BCUT2D eigenvalue weighted by atomic mass is 32.2. The molecule has 0 aliphatic rings. The van der Waals surface area contributed by atoms with Gasteiger partial charge >= 0.3 is 0 Å². The van der Waals surface area contributed by atoms with Gasteiger partial charge in [0, 0.05) is 22.8 Å². The first-order chi connectivity index (χ1) is 12.9. The zero-order valence-corrected chi connectivity index (χ0v) is 17.0. The van der Waals surface area contributed by atoms with Gasteiger partial charge in [-0.15, -0.1) is 5.10 Å². The molecule has 6 nitrogen and oxygen atoms in total. The van der Waals surface area contributed by atoms with Gasteiger partial charge in [0.15, 0.2) is 0 Å². The Hall–Kier alpha value is -2.67. The fourth-order valence-corrected chi connectivity index (χ4v) is 3.84. The van der Waals surface area contributed by atoms with Gasteiger partial charge in [0.1, 0.15) is 0 Å². The number of hydrogen-bond donors (Lipinski definition) is 0. The van der Waals surface area contributed by atoms with Gasteiger partial charge < -0.3 is 0 Å². The molecule has 3 aromatic heterocycles. The van der Waals surface area contributed by atoms with E-state index in [1.54, 1.807) is 11.8 Å². The quantitative estimate of drug-likeness (QED) is 0.499. The number of benzene rings is 1. The van der Waals surface area contributed by atoms with E-state index in [9.17, 15) is 0 Å². The van der Waals surface area contributed by atoms with Crippen LogP contribution in [-0.2, 0) is 5.75 Å². The van der Waals surface area contributed by atoms with Crippen LogP contribution in [0.3, 0.4) is 0 Å². The van der Waals surface area contributed by atoms with Gasteiger partial charge in [0.05, 0.1) is 11.4 Å². The average Bonchev–Trinajstić information content (AvgIpc) is 3.21. The number of thioether (sulfide) groups is 1. The van der Waals surface area contributed by atoms with E-state index in [1.807, 2.05) is 23.0 Å². The molecule has 0 N–H and O–H groups in total. The summed E-state index contributed by atoms with van der Waals surface area (Å²) in [6.45, 7) is 10.2. The SMILES string of the molecule is Cc1cc(C)n(-c2ccc(CSc3nc4nc(C)c(C)c(C)n4n3)cc2)n1. The van der Waals surface area contributed by atoms with Gasteiger partial charge in [-0.1, -0.05) is 23.9 Å². The summed E-state index contributed by atoms with van der Waals surface area (Å²) >= 11 is 1.62. The van der Waals surface area contributed by atoms with Gasteiger partial charge in [0.25, 0.3) is 5.78 Å². The van der Waals surface area contributed by atoms with E-state index in [0.717, 1.165) is 44.9 Å². The Kier molecular flexibility index (Phi) is 4.47. The maximum absolute atomic E-state index is 4.60. The molecule has 0 bridgehead atoms. The van der Waals surface area contributed by atoms with Crippen molar-refractivity contribution in [2.24, 2.45) is 0 Å². The van der Waals surface area contributed by atoms with Crippen LogP contribution < -0.4 is 0 Å². The number of aromatic nitrogens is 6. The number of nitrogens with zero attached hydrogens (tertiary/aromatic N) is 6. The fraction of sp³-hybridized carbons (Fsp3) is 0.300. The summed E-state index contributed by atoms with van der Waals surface area (Å²) < 4.78 is 3.80. The Bertz CT molecular complexity index is 1120. The molecule has 0 aliphatic heterocycles. The van der Waals surface area contributed by atoms with E-state index >= 15 is 0 Å². The molecule has 0 fully saturated rings. The van der Waals surface area contributed by atoms with Gasteiger partial charge in [0.2, 0.25) is 5.16 Å². The number of rotatable bonds is 4. The second kappa shape index (κ2) is 6.81. The first-order valence-corrected chi connectivity index (χ1v) is 9.87. The molecular weight excluding hydrogens is 356 g/mol. The normalized spacial score (nSPS) is 11.4. The van der Waals surface area contributed by atoms with Crippen molar-refractivity contribution in [3.8, 4) is 5.69 Å². The summed E-state index contributed by atoms with van der Waals surface area (Å²) in [5.74, 6) is 1.48. The third-order valence-corrected chi connectivity index (χ3v) is 5.71. The fourth-order valence-electron chi connectivity index (χ4n) is 3.07. The van der Waals surface area contributed by atoms with Gasteiger partial charge in [-0.25, -0.2) is 14.2 Å². The highest BCUT2D eigenvalue weighted by Crippen LogP contribution is 2.22. The van der Waals surface area contributed by atoms with E-state index in [4.69, 9.17) is 0 Å². The van der Waals surface area contributed by atoms with Crippen molar-refractivity contribution in [2.75, 3.05) is 0 Å². The molecule has 3 heterocycles. The Morgan fingerprint density at radius 2 is 1.67 bits per heavy atom. The van der Waals surface area contributed by atoms with Crippen LogP contribution in [-0.4, -0.2) is 29.4 Å². The summed E-state index contributed by atoms with van der Waals surface area (Å²) in [5.41, 5.74) is 7.71. The molecule has 0 atom stereocenters. The number of fused-ring (bicyclic) bond motifs is 1. The molecule has 4 aromatic rings. The molecule has 138 valence electrons. The topological polar surface area (TPSA) is 60.9 Å². The van der Waals surface area contributed by atoms with Crippen molar-refractivity contribution in [3.63, 3.8) is 0 Å². The second-order valence-corrected chi connectivity index (χ2v) is 7.75. The van der Waals surface area contributed by atoms with Crippen LogP contribution >= 0.6 is 11.8 Å². The van der Waals surface area contributed by atoms with Crippen LogP contribution in [0.25, 0.3) is 11.5 Å². The van der Waals surface area contributed by atoms with Crippen molar-refractivity contribution in [2.45, 2.75) is 45.5 Å². The van der Waals surface area contributed by atoms with E-state index in [2.05, 4.69) is 71.3 Å². The molecule has 0 spiro atoms. The lowest BCUT2D eigenvalue weighted by molar-refractivity contribution is 0.831. The zero-order chi connectivity index (χ0) is 19.1. The van der Waals surface area contributed by atoms with Gasteiger partial charge in [-0.3, -0.25) is 0 Å². The van der Waals surface area contributed by atoms with Crippen molar-refractivity contribution in [1.82, 2.24) is 29.4 Å². The molecular formula is C20H22N6S. The minimum Gasteiger partial charge on any atom is -0.238 e. The Morgan fingerprint density at radius 1 is 0.926 bits per heavy atom. The van der Waals surface area contributed by atoms with Crippen molar-refractivity contribution < 1.29 is 0 Å². The van der Waals surface area contributed by atoms with E-state index < -0.39 is 0 Å². The third-order valence-electron chi connectivity index (χ3n) is 4.80. The molecule has 27 heavy (non-hydrogen) atoms. The van der Waals surface area contributed by atoms with Crippen LogP contribution in [0.2, 0.25) is 0 Å². The maximum atomic E-state index is 4.60. The lowest BCUT2D eigenvalue weighted by Crippen LogP contribution is -2.02. The monoisotopic (exact) mass is 378 g/mol. The van der Waals surface area contributed by atoms with Crippen molar-refractivity contribution in [1.29, 1.82) is 0 Å². The van der Waals surface area contributed by atoms with E-state index in [1.165, 1.54) is 5.56 Å². The summed E-state index contributed by atoms with van der Waals surface area (Å²) in [5, 5.41) is 9.88. The standard InChI is InChI=1S/C20H22N6S/c1-12-10-13(2)25(23-12)18-8-6-17(7-9-18)11-27-20-22-19-21-15(4)14(3)16(5)26(19)24-20/h6-10H,11H2,1-5H3. The molecule has 7 heteroatoms. The molecule has 4 rings (SSSR count). The molecule has 0 radical (unpaired) electrons. The Morgan fingerprint density at radius 3 is 2.33 bits per heavy atom. The van der Waals surface area contributed by atoms with Crippen LogP contribution in [0.1, 0.15) is 33.9 Å². The van der Waals surface area contributed by atoms with E-state index in [0.29, 0.717) is 5.78 Å². The predicted molar refractivity (Wildman–Crippen MR) is 108 cm³/mol. The second-order valence-electron chi connectivity index (χ2n) is 6.81. The highest BCUT2D eigenvalue weighted by Gasteiger charge is 2.11. The molecule has 1 aromatic carbocycles. The smallest absolute Gasteiger partial charge is 0.238 e. The molecule has 0 aliphatic carbocycles. The number of hydrogen-bond acceptors (Lipinski definition) is 5. The molecule has 0 unspecified atom stereocenters. The zero-order valence-electron chi connectivity index (χ0n) is 16.2. The molecule has 0 saturated heterocycles. The average molecular weight is 379 g/mol.